The first kappa shape index (κ1) is 17.9. The number of likely N-dealkylation sites (tertiary alicyclic amines) is 1. The van der Waals surface area contributed by atoms with Crippen LogP contribution in [-0.4, -0.2) is 47.3 Å². The minimum Gasteiger partial charge on any atom is -0.394 e. The van der Waals surface area contributed by atoms with Gasteiger partial charge in [-0.05, 0) is 59.0 Å². The van der Waals surface area contributed by atoms with E-state index in [1.165, 1.54) is 38.6 Å². The van der Waals surface area contributed by atoms with Crippen molar-refractivity contribution >= 4 is 0 Å². The van der Waals surface area contributed by atoms with Crippen molar-refractivity contribution < 1.29 is 5.11 Å². The van der Waals surface area contributed by atoms with Crippen LogP contribution in [0.1, 0.15) is 72.6 Å². The Bertz CT molecular complexity index is 257. The van der Waals surface area contributed by atoms with E-state index in [2.05, 4.69) is 37.9 Å². The van der Waals surface area contributed by atoms with Gasteiger partial charge < -0.3 is 10.4 Å². The lowest BCUT2D eigenvalue weighted by Crippen LogP contribution is -2.53. The number of nitrogens with zero attached hydrogens (tertiary/aromatic N) is 1. The zero-order valence-corrected chi connectivity index (χ0v) is 14.1. The third kappa shape index (κ3) is 5.34. The van der Waals surface area contributed by atoms with E-state index < -0.39 is 0 Å². The van der Waals surface area contributed by atoms with Crippen LogP contribution < -0.4 is 5.32 Å². The van der Waals surface area contributed by atoms with Gasteiger partial charge in [0.15, 0.2) is 0 Å². The van der Waals surface area contributed by atoms with Gasteiger partial charge in [-0.25, -0.2) is 0 Å². The number of piperidine rings is 1. The van der Waals surface area contributed by atoms with E-state index in [4.69, 9.17) is 0 Å². The zero-order chi connectivity index (χ0) is 15.0. The molecule has 0 spiro atoms. The molecule has 0 bridgehead atoms. The third-order valence-electron chi connectivity index (χ3n) is 4.76. The molecule has 1 heterocycles. The highest BCUT2D eigenvalue weighted by Crippen LogP contribution is 2.26. The molecule has 120 valence electrons. The van der Waals surface area contributed by atoms with Crippen LogP contribution in [0.25, 0.3) is 0 Å². The molecule has 0 aromatic heterocycles. The Morgan fingerprint density at radius 2 is 2.05 bits per heavy atom. The van der Waals surface area contributed by atoms with Gasteiger partial charge in [0, 0.05) is 17.6 Å². The maximum Gasteiger partial charge on any atom is 0.0611 e. The molecule has 1 aliphatic rings. The van der Waals surface area contributed by atoms with Crippen LogP contribution in [0.4, 0.5) is 0 Å². The molecule has 0 amide bonds. The molecule has 2 N–H and O–H groups in total. The second kappa shape index (κ2) is 9.01. The highest BCUT2D eigenvalue weighted by Gasteiger charge is 2.31. The Kier molecular flexibility index (Phi) is 8.08. The van der Waals surface area contributed by atoms with Crippen LogP contribution >= 0.6 is 0 Å². The van der Waals surface area contributed by atoms with Crippen molar-refractivity contribution in [3.05, 3.63) is 0 Å². The van der Waals surface area contributed by atoms with E-state index in [0.29, 0.717) is 6.04 Å². The number of rotatable bonds is 9. The van der Waals surface area contributed by atoms with E-state index in [0.717, 1.165) is 25.4 Å². The molecule has 3 unspecified atom stereocenters. The third-order valence-corrected chi connectivity index (χ3v) is 4.76. The first-order valence-electron chi connectivity index (χ1n) is 8.68. The van der Waals surface area contributed by atoms with Gasteiger partial charge >= 0.3 is 0 Å². The van der Waals surface area contributed by atoms with E-state index >= 15 is 0 Å². The summed E-state index contributed by atoms with van der Waals surface area (Å²) >= 11 is 0. The smallest absolute Gasteiger partial charge is 0.0611 e. The highest BCUT2D eigenvalue weighted by molar-refractivity contribution is 4.90. The summed E-state index contributed by atoms with van der Waals surface area (Å²) < 4.78 is 0. The standard InChI is InChI=1S/C17H36N2O/c1-5-9-16-10-7-8-12-19(16)15(3)13-17(4,14-20)18-11-6-2/h15-16,18,20H,5-14H2,1-4H3. The first-order chi connectivity index (χ1) is 9.56. The fourth-order valence-corrected chi connectivity index (χ4v) is 3.64. The predicted octanol–water partition coefficient (Wildman–Crippen LogP) is 3.17. The molecule has 0 aromatic rings. The topological polar surface area (TPSA) is 35.5 Å². The van der Waals surface area contributed by atoms with E-state index in [1.807, 2.05) is 0 Å². The second-order valence-electron chi connectivity index (χ2n) is 6.87. The van der Waals surface area contributed by atoms with Gasteiger partial charge in [0.1, 0.15) is 0 Å². The number of hydrogen-bond acceptors (Lipinski definition) is 3. The SMILES string of the molecule is CCCNC(C)(CO)CC(C)N1CCCCC1CCC. The minimum absolute atomic E-state index is 0.135. The van der Waals surface area contributed by atoms with Crippen molar-refractivity contribution in [2.24, 2.45) is 0 Å². The first-order valence-corrected chi connectivity index (χ1v) is 8.68. The molecule has 0 radical (unpaired) electrons. The lowest BCUT2D eigenvalue weighted by Gasteiger charge is -2.43. The Hall–Kier alpha value is -0.120. The Labute approximate surface area is 126 Å². The lowest BCUT2D eigenvalue weighted by molar-refractivity contribution is 0.0614. The van der Waals surface area contributed by atoms with Crippen molar-refractivity contribution in [2.45, 2.75) is 90.3 Å². The maximum atomic E-state index is 9.75. The predicted molar refractivity (Wildman–Crippen MR) is 87.1 cm³/mol. The average Bonchev–Trinajstić information content (AvgIpc) is 2.46. The van der Waals surface area contributed by atoms with Gasteiger partial charge in [0.25, 0.3) is 0 Å². The van der Waals surface area contributed by atoms with Crippen LogP contribution in [0.2, 0.25) is 0 Å². The molecule has 3 atom stereocenters. The van der Waals surface area contributed by atoms with Crippen molar-refractivity contribution in [1.82, 2.24) is 10.2 Å². The van der Waals surface area contributed by atoms with Crippen molar-refractivity contribution in [3.8, 4) is 0 Å². The number of hydrogen-bond donors (Lipinski definition) is 2. The monoisotopic (exact) mass is 284 g/mol. The van der Waals surface area contributed by atoms with Gasteiger partial charge in [0.2, 0.25) is 0 Å². The largest absolute Gasteiger partial charge is 0.394 e. The summed E-state index contributed by atoms with van der Waals surface area (Å²) in [5, 5.41) is 13.3. The summed E-state index contributed by atoms with van der Waals surface area (Å²) in [6.45, 7) is 11.4. The molecule has 1 saturated heterocycles. The molecule has 0 saturated carbocycles. The molecule has 1 aliphatic heterocycles. The molecular weight excluding hydrogens is 248 g/mol. The van der Waals surface area contributed by atoms with E-state index in [9.17, 15) is 5.11 Å². The minimum atomic E-state index is -0.135. The summed E-state index contributed by atoms with van der Waals surface area (Å²) in [6.07, 6.45) is 8.83. The maximum absolute atomic E-state index is 9.75. The normalized spacial score (nSPS) is 25.4. The molecule has 3 nitrogen and oxygen atoms in total. The van der Waals surface area contributed by atoms with E-state index in [-0.39, 0.29) is 12.1 Å². The summed E-state index contributed by atoms with van der Waals surface area (Å²) in [5.41, 5.74) is -0.135. The van der Waals surface area contributed by atoms with Gasteiger partial charge in [-0.2, -0.15) is 0 Å². The number of nitrogens with one attached hydrogen (secondary N) is 1. The Morgan fingerprint density at radius 3 is 2.65 bits per heavy atom. The molecular formula is C17H36N2O. The Balaban J connectivity index is 2.59. The molecule has 20 heavy (non-hydrogen) atoms. The average molecular weight is 284 g/mol. The quantitative estimate of drug-likeness (QED) is 0.682. The molecule has 1 rings (SSSR count). The van der Waals surface area contributed by atoms with Crippen LogP contribution in [0, 0.1) is 0 Å². The van der Waals surface area contributed by atoms with E-state index in [1.54, 1.807) is 0 Å². The molecule has 3 heteroatoms. The van der Waals surface area contributed by atoms with Crippen molar-refractivity contribution in [1.29, 1.82) is 0 Å². The number of aliphatic hydroxyl groups is 1. The summed E-state index contributed by atoms with van der Waals surface area (Å²) in [6, 6.07) is 1.31. The molecule has 0 aromatic carbocycles. The lowest BCUT2D eigenvalue weighted by atomic mass is 9.90. The molecule has 1 fully saturated rings. The fraction of sp³-hybridized carbons (Fsp3) is 1.00. The summed E-state index contributed by atoms with van der Waals surface area (Å²) in [7, 11) is 0. The zero-order valence-electron chi connectivity index (χ0n) is 14.1. The van der Waals surface area contributed by atoms with Crippen LogP contribution in [0.15, 0.2) is 0 Å². The van der Waals surface area contributed by atoms with Gasteiger partial charge in [0.05, 0.1) is 6.61 Å². The Morgan fingerprint density at radius 1 is 1.30 bits per heavy atom. The van der Waals surface area contributed by atoms with Crippen LogP contribution in [0.5, 0.6) is 0 Å². The van der Waals surface area contributed by atoms with Gasteiger partial charge in [-0.15, -0.1) is 0 Å². The van der Waals surface area contributed by atoms with Crippen molar-refractivity contribution in [3.63, 3.8) is 0 Å². The van der Waals surface area contributed by atoms with Crippen LogP contribution in [-0.2, 0) is 0 Å². The van der Waals surface area contributed by atoms with Crippen LogP contribution in [0.3, 0.4) is 0 Å². The van der Waals surface area contributed by atoms with Crippen molar-refractivity contribution in [2.75, 3.05) is 19.7 Å². The van der Waals surface area contributed by atoms with Gasteiger partial charge in [-0.1, -0.05) is 26.7 Å². The highest BCUT2D eigenvalue weighted by atomic mass is 16.3. The summed E-state index contributed by atoms with van der Waals surface area (Å²) in [5.74, 6) is 0. The second-order valence-corrected chi connectivity index (χ2v) is 6.87. The fourth-order valence-electron chi connectivity index (χ4n) is 3.64. The molecule has 0 aliphatic carbocycles. The van der Waals surface area contributed by atoms with Gasteiger partial charge in [-0.3, -0.25) is 4.90 Å². The number of aliphatic hydroxyl groups excluding tert-OH is 1. The summed E-state index contributed by atoms with van der Waals surface area (Å²) in [4.78, 5) is 2.70.